The lowest BCUT2D eigenvalue weighted by Gasteiger charge is -2.21. The zero-order valence-corrected chi connectivity index (χ0v) is 13.4. The Morgan fingerprint density at radius 1 is 1.48 bits per heavy atom. The van der Waals surface area contributed by atoms with E-state index in [1.54, 1.807) is 4.90 Å². The molecule has 8 heteroatoms. The monoisotopic (exact) mass is 314 g/mol. The average molecular weight is 314 g/mol. The van der Waals surface area contributed by atoms with Gasteiger partial charge in [0.05, 0.1) is 5.69 Å². The van der Waals surface area contributed by atoms with E-state index in [1.807, 2.05) is 20.8 Å². The summed E-state index contributed by atoms with van der Waals surface area (Å²) in [6, 6.07) is 0.199. The Bertz CT molecular complexity index is 632. The SMILES string of the molecule is CCCN(C(=O)c1n[nH]c(C(C)C)c1S(N)(=O)=O)C1CC1. The summed E-state index contributed by atoms with van der Waals surface area (Å²) < 4.78 is 23.7. The van der Waals surface area contributed by atoms with Crippen molar-refractivity contribution in [3.05, 3.63) is 11.4 Å². The van der Waals surface area contributed by atoms with Crippen LogP contribution in [0.15, 0.2) is 4.90 Å². The standard InChI is InChI=1S/C13H22N4O3S/c1-4-7-17(9-5-6-9)13(18)11-12(21(14,19)20)10(8(2)3)15-16-11/h8-9H,4-7H2,1-3H3,(H,15,16)(H2,14,19,20). The maximum absolute atomic E-state index is 12.6. The maximum atomic E-state index is 12.6. The molecule has 2 rings (SSSR count). The van der Waals surface area contributed by atoms with Crippen molar-refractivity contribution in [2.75, 3.05) is 6.54 Å². The summed E-state index contributed by atoms with van der Waals surface area (Å²) in [6.45, 7) is 6.22. The topological polar surface area (TPSA) is 109 Å². The fourth-order valence-corrected chi connectivity index (χ4v) is 3.37. The molecule has 1 fully saturated rings. The van der Waals surface area contributed by atoms with E-state index in [0.717, 1.165) is 19.3 Å². The first-order valence-corrected chi connectivity index (χ1v) is 8.74. The van der Waals surface area contributed by atoms with Gasteiger partial charge < -0.3 is 4.90 Å². The molecular weight excluding hydrogens is 292 g/mol. The number of carbonyl (C=O) groups is 1. The van der Waals surface area contributed by atoms with Gasteiger partial charge in [-0.2, -0.15) is 5.10 Å². The highest BCUT2D eigenvalue weighted by Crippen LogP contribution is 2.30. The fraction of sp³-hybridized carbons (Fsp3) is 0.692. The lowest BCUT2D eigenvalue weighted by molar-refractivity contribution is 0.0733. The molecular formula is C13H22N4O3S. The molecule has 7 nitrogen and oxygen atoms in total. The summed E-state index contributed by atoms with van der Waals surface area (Å²) in [5.74, 6) is -0.473. The Kier molecular flexibility index (Phi) is 4.38. The van der Waals surface area contributed by atoms with Gasteiger partial charge in [-0.3, -0.25) is 9.89 Å². The quantitative estimate of drug-likeness (QED) is 0.822. The Hall–Kier alpha value is -1.41. The number of sulfonamides is 1. The van der Waals surface area contributed by atoms with Gasteiger partial charge in [0.1, 0.15) is 4.90 Å². The van der Waals surface area contributed by atoms with Gasteiger partial charge in [0.15, 0.2) is 5.69 Å². The molecule has 0 bridgehead atoms. The molecule has 0 spiro atoms. The van der Waals surface area contributed by atoms with E-state index >= 15 is 0 Å². The van der Waals surface area contributed by atoms with Crippen LogP contribution >= 0.6 is 0 Å². The van der Waals surface area contributed by atoms with E-state index in [-0.39, 0.29) is 28.5 Å². The molecule has 118 valence electrons. The first kappa shape index (κ1) is 16.0. The third-order valence-corrected chi connectivity index (χ3v) is 4.51. The van der Waals surface area contributed by atoms with Crippen molar-refractivity contribution >= 4 is 15.9 Å². The van der Waals surface area contributed by atoms with E-state index in [9.17, 15) is 13.2 Å². The molecule has 1 aliphatic carbocycles. The van der Waals surface area contributed by atoms with Crippen LogP contribution in [0.2, 0.25) is 0 Å². The van der Waals surface area contributed by atoms with Gasteiger partial charge in [-0.05, 0) is 25.2 Å². The van der Waals surface area contributed by atoms with Crippen LogP contribution in [0.25, 0.3) is 0 Å². The molecule has 0 atom stereocenters. The number of nitrogens with zero attached hydrogens (tertiary/aromatic N) is 2. The average Bonchev–Trinajstić information content (AvgIpc) is 3.09. The molecule has 0 saturated heterocycles. The first-order chi connectivity index (χ1) is 9.77. The van der Waals surface area contributed by atoms with E-state index < -0.39 is 10.0 Å². The lowest BCUT2D eigenvalue weighted by Crippen LogP contribution is -2.35. The smallest absolute Gasteiger partial charge is 0.276 e. The Balaban J connectivity index is 2.46. The minimum Gasteiger partial charge on any atom is -0.334 e. The first-order valence-electron chi connectivity index (χ1n) is 7.19. The van der Waals surface area contributed by atoms with Crippen molar-refractivity contribution in [1.29, 1.82) is 0 Å². The molecule has 0 unspecified atom stereocenters. The van der Waals surface area contributed by atoms with Crippen molar-refractivity contribution in [1.82, 2.24) is 15.1 Å². The van der Waals surface area contributed by atoms with Crippen molar-refractivity contribution in [3.8, 4) is 0 Å². The van der Waals surface area contributed by atoms with Crippen LogP contribution in [-0.4, -0.2) is 42.0 Å². The molecule has 21 heavy (non-hydrogen) atoms. The highest BCUT2D eigenvalue weighted by molar-refractivity contribution is 7.89. The number of rotatable bonds is 6. The van der Waals surface area contributed by atoms with E-state index in [0.29, 0.717) is 12.2 Å². The minimum absolute atomic E-state index is 0.0819. The highest BCUT2D eigenvalue weighted by Gasteiger charge is 2.37. The van der Waals surface area contributed by atoms with Crippen LogP contribution in [0.3, 0.4) is 0 Å². The summed E-state index contributed by atoms with van der Waals surface area (Å²) in [4.78, 5) is 14.2. The largest absolute Gasteiger partial charge is 0.334 e. The van der Waals surface area contributed by atoms with Crippen LogP contribution in [0.4, 0.5) is 0 Å². The predicted molar refractivity (Wildman–Crippen MR) is 78.4 cm³/mol. The summed E-state index contributed by atoms with van der Waals surface area (Å²) in [5.41, 5.74) is 0.301. The second kappa shape index (κ2) is 5.76. The van der Waals surface area contributed by atoms with Gasteiger partial charge in [-0.1, -0.05) is 20.8 Å². The Labute approximate surface area is 124 Å². The zero-order chi connectivity index (χ0) is 15.8. The van der Waals surface area contributed by atoms with Crippen LogP contribution in [0.1, 0.15) is 62.1 Å². The number of primary sulfonamides is 1. The second-order valence-corrected chi connectivity index (χ2v) is 7.24. The zero-order valence-electron chi connectivity index (χ0n) is 12.6. The summed E-state index contributed by atoms with van der Waals surface area (Å²) in [6.07, 6.45) is 2.73. The summed E-state index contributed by atoms with van der Waals surface area (Å²) in [5, 5.41) is 11.9. The molecule has 0 radical (unpaired) electrons. The second-order valence-electron chi connectivity index (χ2n) is 5.74. The van der Waals surface area contributed by atoms with Crippen molar-refractivity contribution in [2.24, 2.45) is 5.14 Å². The number of amides is 1. The van der Waals surface area contributed by atoms with Crippen molar-refractivity contribution < 1.29 is 13.2 Å². The van der Waals surface area contributed by atoms with Crippen LogP contribution in [-0.2, 0) is 10.0 Å². The maximum Gasteiger partial charge on any atom is 0.276 e. The number of nitrogens with two attached hydrogens (primary N) is 1. The van der Waals surface area contributed by atoms with Gasteiger partial charge in [-0.15, -0.1) is 0 Å². The van der Waals surface area contributed by atoms with Crippen molar-refractivity contribution in [2.45, 2.75) is 56.9 Å². The third-order valence-electron chi connectivity index (χ3n) is 3.53. The number of hydrogen-bond donors (Lipinski definition) is 2. The van der Waals surface area contributed by atoms with E-state index in [1.165, 1.54) is 0 Å². The third kappa shape index (κ3) is 3.26. The molecule has 0 aliphatic heterocycles. The molecule has 1 aromatic heterocycles. The van der Waals surface area contributed by atoms with Gasteiger partial charge in [0.2, 0.25) is 10.0 Å². The highest BCUT2D eigenvalue weighted by atomic mass is 32.2. The normalized spacial score (nSPS) is 15.5. The Morgan fingerprint density at radius 3 is 2.52 bits per heavy atom. The molecule has 1 heterocycles. The number of hydrogen-bond acceptors (Lipinski definition) is 4. The molecule has 1 aromatic rings. The molecule has 1 aliphatic rings. The van der Waals surface area contributed by atoms with E-state index in [2.05, 4.69) is 10.2 Å². The van der Waals surface area contributed by atoms with E-state index in [4.69, 9.17) is 5.14 Å². The predicted octanol–water partition coefficient (Wildman–Crippen LogP) is 1.20. The molecule has 3 N–H and O–H groups in total. The minimum atomic E-state index is -4.01. The van der Waals surface area contributed by atoms with Crippen LogP contribution < -0.4 is 5.14 Å². The van der Waals surface area contributed by atoms with Crippen LogP contribution in [0, 0.1) is 0 Å². The van der Waals surface area contributed by atoms with Crippen molar-refractivity contribution in [3.63, 3.8) is 0 Å². The number of aromatic nitrogens is 2. The molecule has 1 saturated carbocycles. The van der Waals surface area contributed by atoms with Gasteiger partial charge in [0, 0.05) is 12.6 Å². The van der Waals surface area contributed by atoms with Gasteiger partial charge >= 0.3 is 0 Å². The Morgan fingerprint density at radius 2 is 2.10 bits per heavy atom. The van der Waals surface area contributed by atoms with Gasteiger partial charge in [-0.25, -0.2) is 13.6 Å². The van der Waals surface area contributed by atoms with Gasteiger partial charge in [0.25, 0.3) is 5.91 Å². The van der Waals surface area contributed by atoms with Crippen LogP contribution in [0.5, 0.6) is 0 Å². The molecule has 1 amide bonds. The number of H-pyrrole nitrogens is 1. The number of nitrogens with one attached hydrogen (secondary N) is 1. The molecule has 0 aromatic carbocycles. The number of carbonyl (C=O) groups excluding carboxylic acids is 1. The summed E-state index contributed by atoms with van der Waals surface area (Å²) >= 11 is 0. The lowest BCUT2D eigenvalue weighted by atomic mass is 10.1. The number of aromatic amines is 1. The fourth-order valence-electron chi connectivity index (χ4n) is 2.38. The summed E-state index contributed by atoms with van der Waals surface area (Å²) in [7, 11) is -4.01.